The Bertz CT molecular complexity index is 749. The minimum atomic E-state index is -1.44. The van der Waals surface area contributed by atoms with E-state index in [-0.39, 0.29) is 36.3 Å². The number of fused-ring (bicyclic) bond motifs is 1. The maximum atomic E-state index is 12.5. The summed E-state index contributed by atoms with van der Waals surface area (Å²) in [5, 5.41) is 17.0. The molecule has 9 heteroatoms. The van der Waals surface area contributed by atoms with Gasteiger partial charge < -0.3 is 25.8 Å². The zero-order chi connectivity index (χ0) is 20.7. The Morgan fingerprint density at radius 3 is 2.61 bits per heavy atom. The van der Waals surface area contributed by atoms with Crippen LogP contribution in [0.5, 0.6) is 5.75 Å². The molecule has 28 heavy (non-hydrogen) atoms. The second kappa shape index (κ2) is 9.72. The van der Waals surface area contributed by atoms with Crippen LogP contribution in [-0.2, 0) is 14.4 Å². The summed E-state index contributed by atoms with van der Waals surface area (Å²) in [5.41, 5.74) is 0.148. The Kier molecular flexibility index (Phi) is 7.36. The Morgan fingerprint density at radius 1 is 1.21 bits per heavy atom. The number of amides is 3. The quantitative estimate of drug-likeness (QED) is 0.586. The molecule has 0 radical (unpaired) electrons. The SMILES string of the molecule is CC(C)C[C@@H]1NC(=O)C[C@@H](C(=O)O)NC(=O)c2ccccc2OCCNC1=O. The number of carbonyl (C=O) groups excluding carboxylic acids is 3. The van der Waals surface area contributed by atoms with Gasteiger partial charge in [0.05, 0.1) is 18.5 Å². The highest BCUT2D eigenvalue weighted by molar-refractivity contribution is 6.00. The van der Waals surface area contributed by atoms with E-state index >= 15 is 0 Å². The van der Waals surface area contributed by atoms with Gasteiger partial charge in [-0.2, -0.15) is 0 Å². The summed E-state index contributed by atoms with van der Waals surface area (Å²) in [7, 11) is 0. The monoisotopic (exact) mass is 391 g/mol. The second-order valence-electron chi connectivity index (χ2n) is 6.95. The highest BCUT2D eigenvalue weighted by Gasteiger charge is 2.28. The molecule has 1 heterocycles. The molecule has 0 saturated carbocycles. The highest BCUT2D eigenvalue weighted by Crippen LogP contribution is 2.18. The fraction of sp³-hybridized carbons (Fsp3) is 0.474. The van der Waals surface area contributed by atoms with E-state index in [0.717, 1.165) is 0 Å². The van der Waals surface area contributed by atoms with Gasteiger partial charge in [0.25, 0.3) is 5.91 Å². The average molecular weight is 391 g/mol. The Labute approximate surface area is 162 Å². The minimum Gasteiger partial charge on any atom is -0.491 e. The largest absolute Gasteiger partial charge is 0.491 e. The van der Waals surface area contributed by atoms with Gasteiger partial charge in [-0.05, 0) is 24.5 Å². The molecule has 0 saturated heterocycles. The molecule has 0 unspecified atom stereocenters. The Balaban J connectivity index is 2.28. The fourth-order valence-corrected chi connectivity index (χ4v) is 2.82. The summed E-state index contributed by atoms with van der Waals surface area (Å²) >= 11 is 0. The van der Waals surface area contributed by atoms with Gasteiger partial charge in [-0.25, -0.2) is 4.79 Å². The van der Waals surface area contributed by atoms with Crippen molar-refractivity contribution in [1.82, 2.24) is 16.0 Å². The van der Waals surface area contributed by atoms with E-state index < -0.39 is 36.3 Å². The van der Waals surface area contributed by atoms with Crippen molar-refractivity contribution < 1.29 is 29.0 Å². The molecule has 152 valence electrons. The lowest BCUT2D eigenvalue weighted by Gasteiger charge is -2.22. The molecule has 1 aromatic carbocycles. The van der Waals surface area contributed by atoms with Crippen molar-refractivity contribution in [1.29, 1.82) is 0 Å². The molecule has 1 aliphatic heterocycles. The molecule has 2 atom stereocenters. The Hall–Kier alpha value is -3.10. The predicted octanol–water partition coefficient (Wildman–Crippen LogP) is 0.299. The topological polar surface area (TPSA) is 134 Å². The molecule has 9 nitrogen and oxygen atoms in total. The fourth-order valence-electron chi connectivity index (χ4n) is 2.82. The number of nitrogens with one attached hydrogen (secondary N) is 3. The first-order chi connectivity index (χ1) is 13.3. The van der Waals surface area contributed by atoms with E-state index in [1.807, 2.05) is 13.8 Å². The lowest BCUT2D eigenvalue weighted by molar-refractivity contribution is -0.141. The van der Waals surface area contributed by atoms with Crippen molar-refractivity contribution in [3.05, 3.63) is 29.8 Å². The van der Waals surface area contributed by atoms with Crippen LogP contribution in [-0.4, -0.2) is 54.0 Å². The lowest BCUT2D eigenvalue weighted by atomic mass is 10.0. The van der Waals surface area contributed by atoms with Gasteiger partial charge >= 0.3 is 5.97 Å². The van der Waals surface area contributed by atoms with Crippen molar-refractivity contribution in [2.75, 3.05) is 13.2 Å². The molecule has 0 aliphatic carbocycles. The molecule has 0 fully saturated rings. The maximum absolute atomic E-state index is 12.5. The second-order valence-corrected chi connectivity index (χ2v) is 6.95. The molecule has 3 amide bonds. The van der Waals surface area contributed by atoms with Crippen molar-refractivity contribution >= 4 is 23.7 Å². The number of carboxylic acid groups (broad SMARTS) is 1. The molecule has 0 bridgehead atoms. The summed E-state index contributed by atoms with van der Waals surface area (Å²) in [4.78, 5) is 48.8. The first-order valence-corrected chi connectivity index (χ1v) is 9.10. The van der Waals surface area contributed by atoms with E-state index in [4.69, 9.17) is 4.74 Å². The lowest BCUT2D eigenvalue weighted by Crippen LogP contribution is -2.51. The Morgan fingerprint density at radius 2 is 1.93 bits per heavy atom. The van der Waals surface area contributed by atoms with Gasteiger partial charge in [0.2, 0.25) is 11.8 Å². The summed E-state index contributed by atoms with van der Waals surface area (Å²) in [6.45, 7) is 4.12. The highest BCUT2D eigenvalue weighted by atomic mass is 16.5. The van der Waals surface area contributed by atoms with E-state index in [2.05, 4.69) is 16.0 Å². The number of hydrogen-bond donors (Lipinski definition) is 4. The number of hydrogen-bond acceptors (Lipinski definition) is 5. The number of carboxylic acids is 1. The summed E-state index contributed by atoms with van der Waals surface area (Å²) in [6, 6.07) is 4.12. The smallest absolute Gasteiger partial charge is 0.326 e. The molecular weight excluding hydrogens is 366 g/mol. The van der Waals surface area contributed by atoms with Crippen LogP contribution in [0.4, 0.5) is 0 Å². The predicted molar refractivity (Wildman–Crippen MR) is 99.8 cm³/mol. The van der Waals surface area contributed by atoms with Crippen LogP contribution in [0.25, 0.3) is 0 Å². The molecule has 4 N–H and O–H groups in total. The molecule has 1 aliphatic rings. The number of ether oxygens (including phenoxy) is 1. The van der Waals surface area contributed by atoms with Crippen molar-refractivity contribution in [2.45, 2.75) is 38.8 Å². The van der Waals surface area contributed by atoms with Crippen LogP contribution in [0.2, 0.25) is 0 Å². The van der Waals surface area contributed by atoms with Gasteiger partial charge in [-0.3, -0.25) is 14.4 Å². The first-order valence-electron chi connectivity index (χ1n) is 9.10. The molecule has 2 rings (SSSR count). The van der Waals surface area contributed by atoms with E-state index in [9.17, 15) is 24.3 Å². The van der Waals surface area contributed by atoms with Gasteiger partial charge in [-0.1, -0.05) is 26.0 Å². The first kappa shape index (κ1) is 21.2. The van der Waals surface area contributed by atoms with Crippen molar-refractivity contribution in [3.8, 4) is 5.75 Å². The van der Waals surface area contributed by atoms with Gasteiger partial charge in [-0.15, -0.1) is 0 Å². The van der Waals surface area contributed by atoms with Gasteiger partial charge in [0, 0.05) is 0 Å². The third-order valence-electron chi connectivity index (χ3n) is 4.14. The summed E-state index contributed by atoms with van der Waals surface area (Å²) in [6.07, 6.45) is -0.0999. The van der Waals surface area contributed by atoms with E-state index in [1.165, 1.54) is 6.07 Å². The average Bonchev–Trinajstić information content (AvgIpc) is 2.63. The number of aliphatic carboxylic acids is 1. The third kappa shape index (κ3) is 5.97. The van der Waals surface area contributed by atoms with Crippen LogP contribution in [0.3, 0.4) is 0 Å². The van der Waals surface area contributed by atoms with Crippen molar-refractivity contribution in [3.63, 3.8) is 0 Å². The number of benzene rings is 1. The van der Waals surface area contributed by atoms with Crippen LogP contribution in [0, 0.1) is 5.92 Å². The van der Waals surface area contributed by atoms with Crippen LogP contribution in [0.1, 0.15) is 37.0 Å². The number of para-hydroxylation sites is 1. The zero-order valence-electron chi connectivity index (χ0n) is 15.9. The molecule has 0 aromatic heterocycles. The normalized spacial score (nSPS) is 21.5. The molecular formula is C19H25N3O6. The standard InChI is InChI=1S/C19H25N3O6/c1-11(2)9-13-18(25)20-7-8-28-15-6-4-3-5-12(15)17(24)22-14(19(26)27)10-16(23)21-13/h3-6,11,13-14H,7-10H2,1-2H3,(H,20,25)(H,21,23)(H,22,24)(H,26,27)/t13-,14-/m0/s1. The van der Waals surface area contributed by atoms with Crippen LogP contribution in [0.15, 0.2) is 24.3 Å². The van der Waals surface area contributed by atoms with Gasteiger partial charge in [0.1, 0.15) is 24.4 Å². The third-order valence-corrected chi connectivity index (χ3v) is 4.14. The molecule has 0 spiro atoms. The van der Waals surface area contributed by atoms with E-state index in [0.29, 0.717) is 6.42 Å². The van der Waals surface area contributed by atoms with Crippen LogP contribution >= 0.6 is 0 Å². The summed E-state index contributed by atoms with van der Waals surface area (Å²) < 4.78 is 5.57. The van der Waals surface area contributed by atoms with Crippen molar-refractivity contribution in [2.24, 2.45) is 5.92 Å². The summed E-state index contributed by atoms with van der Waals surface area (Å²) in [5.74, 6) is -2.61. The van der Waals surface area contributed by atoms with Gasteiger partial charge in [0.15, 0.2) is 0 Å². The number of carbonyl (C=O) groups is 4. The zero-order valence-corrected chi connectivity index (χ0v) is 15.9. The number of rotatable bonds is 3. The van der Waals surface area contributed by atoms with E-state index in [1.54, 1.807) is 18.2 Å². The molecule has 1 aromatic rings. The maximum Gasteiger partial charge on any atom is 0.326 e. The van der Waals surface area contributed by atoms with Crippen LogP contribution < -0.4 is 20.7 Å². The minimum absolute atomic E-state index is 0.112.